The predicted octanol–water partition coefficient (Wildman–Crippen LogP) is 2.30. The van der Waals surface area contributed by atoms with Gasteiger partial charge in [-0.25, -0.2) is 4.98 Å². The minimum Gasteiger partial charge on any atom is -0.481 e. The molecule has 0 aliphatic heterocycles. The maximum absolute atomic E-state index is 12.0. The van der Waals surface area contributed by atoms with Gasteiger partial charge in [-0.1, -0.05) is 0 Å². The Labute approximate surface area is 124 Å². The highest BCUT2D eigenvalue weighted by Crippen LogP contribution is 2.28. The highest BCUT2D eigenvalue weighted by Gasteiger charge is 2.35. The smallest absolute Gasteiger partial charge is 0.306 e. The fourth-order valence-corrected chi connectivity index (χ4v) is 3.00. The van der Waals surface area contributed by atoms with Crippen LogP contribution in [0.2, 0.25) is 0 Å². The number of nitrogens with one attached hydrogen (secondary N) is 1. The van der Waals surface area contributed by atoms with Gasteiger partial charge < -0.3 is 14.8 Å². The van der Waals surface area contributed by atoms with E-state index in [1.165, 1.54) is 11.3 Å². The van der Waals surface area contributed by atoms with Crippen molar-refractivity contribution in [3.05, 3.63) is 29.0 Å². The SMILES string of the molecule is Cc1ccc(-c2nc(C(=O)NC3CC(C(=O)O)C3)cs2)o1. The van der Waals surface area contributed by atoms with Crippen LogP contribution in [0.4, 0.5) is 0 Å². The number of aryl methyl sites for hydroxylation is 1. The molecule has 1 aliphatic rings. The summed E-state index contributed by atoms with van der Waals surface area (Å²) in [6.07, 6.45) is 0.963. The molecule has 0 atom stereocenters. The first-order valence-corrected chi connectivity index (χ1v) is 7.47. The normalized spacial score (nSPS) is 20.8. The van der Waals surface area contributed by atoms with E-state index < -0.39 is 5.97 Å². The molecule has 0 aromatic carbocycles. The lowest BCUT2D eigenvalue weighted by Gasteiger charge is -2.32. The number of carbonyl (C=O) groups excluding carboxylic acids is 1. The van der Waals surface area contributed by atoms with Gasteiger partial charge in [-0.3, -0.25) is 9.59 Å². The lowest BCUT2D eigenvalue weighted by atomic mass is 9.80. The molecule has 1 amide bonds. The van der Waals surface area contributed by atoms with Crippen molar-refractivity contribution in [2.24, 2.45) is 5.92 Å². The van der Waals surface area contributed by atoms with E-state index in [1.54, 1.807) is 5.38 Å². The molecule has 0 radical (unpaired) electrons. The summed E-state index contributed by atoms with van der Waals surface area (Å²) in [7, 11) is 0. The number of aromatic nitrogens is 1. The first kappa shape index (κ1) is 13.8. The van der Waals surface area contributed by atoms with Crippen molar-refractivity contribution < 1.29 is 19.1 Å². The predicted molar refractivity (Wildman–Crippen MR) is 76.2 cm³/mol. The standard InChI is InChI=1S/C14H14N2O4S/c1-7-2-3-11(20-7)13-16-10(6-21-13)12(17)15-9-4-8(5-9)14(18)19/h2-3,6,8-9H,4-5H2,1H3,(H,15,17)(H,18,19). The largest absolute Gasteiger partial charge is 0.481 e. The summed E-state index contributed by atoms with van der Waals surface area (Å²) in [5.74, 6) is 0.0261. The van der Waals surface area contributed by atoms with Gasteiger partial charge in [0, 0.05) is 11.4 Å². The lowest BCUT2D eigenvalue weighted by molar-refractivity contribution is -0.145. The summed E-state index contributed by atoms with van der Waals surface area (Å²) in [6, 6.07) is 3.59. The van der Waals surface area contributed by atoms with Gasteiger partial charge in [0.05, 0.1) is 5.92 Å². The summed E-state index contributed by atoms with van der Waals surface area (Å²) in [5.41, 5.74) is 0.336. The van der Waals surface area contributed by atoms with Crippen LogP contribution in [0.5, 0.6) is 0 Å². The molecule has 0 saturated heterocycles. The third kappa shape index (κ3) is 2.82. The minimum atomic E-state index is -0.801. The van der Waals surface area contributed by atoms with E-state index in [9.17, 15) is 9.59 Å². The Morgan fingerprint density at radius 3 is 2.81 bits per heavy atom. The number of rotatable bonds is 4. The van der Waals surface area contributed by atoms with Gasteiger partial charge >= 0.3 is 5.97 Å². The number of hydrogen-bond donors (Lipinski definition) is 2. The van der Waals surface area contributed by atoms with Crippen LogP contribution in [0, 0.1) is 12.8 Å². The van der Waals surface area contributed by atoms with Crippen LogP contribution in [0.25, 0.3) is 10.8 Å². The Balaban J connectivity index is 1.61. The molecule has 7 heteroatoms. The van der Waals surface area contributed by atoms with Crippen molar-refractivity contribution in [1.29, 1.82) is 0 Å². The van der Waals surface area contributed by atoms with E-state index in [-0.39, 0.29) is 17.9 Å². The second kappa shape index (κ2) is 5.33. The highest BCUT2D eigenvalue weighted by atomic mass is 32.1. The second-order valence-corrected chi connectivity index (χ2v) is 5.98. The number of nitrogens with zero attached hydrogens (tertiary/aromatic N) is 1. The van der Waals surface area contributed by atoms with Crippen molar-refractivity contribution in [3.63, 3.8) is 0 Å². The van der Waals surface area contributed by atoms with Crippen LogP contribution in [0.3, 0.4) is 0 Å². The summed E-state index contributed by atoms with van der Waals surface area (Å²) in [4.78, 5) is 27.0. The zero-order valence-corrected chi connectivity index (χ0v) is 12.1. The molecule has 3 rings (SSSR count). The quantitative estimate of drug-likeness (QED) is 0.904. The van der Waals surface area contributed by atoms with Gasteiger partial charge in [0.1, 0.15) is 11.5 Å². The van der Waals surface area contributed by atoms with Gasteiger partial charge in [0.25, 0.3) is 5.91 Å². The Morgan fingerprint density at radius 2 is 2.19 bits per heavy atom. The van der Waals surface area contributed by atoms with Gasteiger partial charge in [-0.15, -0.1) is 11.3 Å². The minimum absolute atomic E-state index is 0.0744. The van der Waals surface area contributed by atoms with E-state index in [0.717, 1.165) is 5.76 Å². The molecule has 2 aromatic heterocycles. The van der Waals surface area contributed by atoms with E-state index >= 15 is 0 Å². The number of thiazole rings is 1. The van der Waals surface area contributed by atoms with Crippen molar-refractivity contribution in [2.45, 2.75) is 25.8 Å². The zero-order chi connectivity index (χ0) is 15.0. The molecular weight excluding hydrogens is 292 g/mol. The molecule has 6 nitrogen and oxygen atoms in total. The van der Waals surface area contributed by atoms with E-state index in [0.29, 0.717) is 29.3 Å². The monoisotopic (exact) mass is 306 g/mol. The van der Waals surface area contributed by atoms with Crippen molar-refractivity contribution in [1.82, 2.24) is 10.3 Å². The Morgan fingerprint density at radius 1 is 1.43 bits per heavy atom. The summed E-state index contributed by atoms with van der Waals surface area (Å²) < 4.78 is 5.47. The molecule has 1 saturated carbocycles. The molecule has 1 fully saturated rings. The number of carboxylic acid groups (broad SMARTS) is 1. The molecular formula is C14H14N2O4S. The third-order valence-corrected chi connectivity index (χ3v) is 4.37. The molecule has 2 heterocycles. The van der Waals surface area contributed by atoms with E-state index in [2.05, 4.69) is 10.3 Å². The fraction of sp³-hybridized carbons (Fsp3) is 0.357. The van der Waals surface area contributed by atoms with Gasteiger partial charge in [0.2, 0.25) is 0 Å². The van der Waals surface area contributed by atoms with Crippen molar-refractivity contribution in [3.8, 4) is 10.8 Å². The van der Waals surface area contributed by atoms with Crippen LogP contribution in [0.1, 0.15) is 29.1 Å². The zero-order valence-electron chi connectivity index (χ0n) is 11.3. The highest BCUT2D eigenvalue weighted by molar-refractivity contribution is 7.13. The maximum atomic E-state index is 12.0. The van der Waals surface area contributed by atoms with Crippen LogP contribution in [-0.4, -0.2) is 28.0 Å². The summed E-state index contributed by atoms with van der Waals surface area (Å²) in [5, 5.41) is 13.9. The Kier molecular flexibility index (Phi) is 3.50. The van der Waals surface area contributed by atoms with E-state index in [1.807, 2.05) is 19.1 Å². The number of aliphatic carboxylic acids is 1. The molecule has 0 spiro atoms. The Bertz CT molecular complexity index is 685. The first-order valence-electron chi connectivity index (χ1n) is 6.59. The van der Waals surface area contributed by atoms with Gasteiger partial charge in [-0.2, -0.15) is 0 Å². The molecule has 2 N–H and O–H groups in total. The molecule has 21 heavy (non-hydrogen) atoms. The topological polar surface area (TPSA) is 92.4 Å². The van der Waals surface area contributed by atoms with Crippen LogP contribution in [-0.2, 0) is 4.79 Å². The van der Waals surface area contributed by atoms with Crippen LogP contribution < -0.4 is 5.32 Å². The van der Waals surface area contributed by atoms with Crippen LogP contribution >= 0.6 is 11.3 Å². The first-order chi connectivity index (χ1) is 10.0. The average molecular weight is 306 g/mol. The summed E-state index contributed by atoms with van der Waals surface area (Å²) in [6.45, 7) is 1.85. The fourth-order valence-electron chi connectivity index (χ4n) is 2.24. The number of amides is 1. The Hall–Kier alpha value is -2.15. The molecule has 2 aromatic rings. The molecule has 110 valence electrons. The van der Waals surface area contributed by atoms with E-state index in [4.69, 9.17) is 9.52 Å². The molecule has 0 bridgehead atoms. The van der Waals surface area contributed by atoms with Crippen molar-refractivity contribution >= 4 is 23.2 Å². The lowest BCUT2D eigenvalue weighted by Crippen LogP contribution is -2.46. The molecule has 1 aliphatic carbocycles. The number of carboxylic acids is 1. The maximum Gasteiger partial charge on any atom is 0.306 e. The number of hydrogen-bond acceptors (Lipinski definition) is 5. The molecule has 0 unspecified atom stereocenters. The second-order valence-electron chi connectivity index (χ2n) is 5.13. The van der Waals surface area contributed by atoms with Gasteiger partial charge in [-0.05, 0) is 31.9 Å². The summed E-state index contributed by atoms with van der Waals surface area (Å²) >= 11 is 1.34. The van der Waals surface area contributed by atoms with Gasteiger partial charge in [0.15, 0.2) is 10.8 Å². The average Bonchev–Trinajstić information content (AvgIpc) is 3.00. The third-order valence-electron chi connectivity index (χ3n) is 3.51. The number of furan rings is 1. The van der Waals surface area contributed by atoms with Crippen LogP contribution in [0.15, 0.2) is 21.9 Å². The number of carbonyl (C=O) groups is 2. The van der Waals surface area contributed by atoms with Crippen molar-refractivity contribution in [2.75, 3.05) is 0 Å².